The van der Waals surface area contributed by atoms with Crippen LogP contribution in [0.5, 0.6) is 5.75 Å². The summed E-state index contributed by atoms with van der Waals surface area (Å²) >= 11 is 1.37. The second-order valence-electron chi connectivity index (χ2n) is 6.12. The van der Waals surface area contributed by atoms with E-state index < -0.39 is 0 Å². The molecule has 0 spiro atoms. The van der Waals surface area contributed by atoms with Crippen LogP contribution in [0.15, 0.2) is 35.7 Å². The number of aromatic nitrogens is 1. The summed E-state index contributed by atoms with van der Waals surface area (Å²) in [5.41, 5.74) is 11.1. The summed E-state index contributed by atoms with van der Waals surface area (Å²) in [5.74, 6) is -0.119. The number of phenols is 1. The fourth-order valence-electron chi connectivity index (χ4n) is 3.00. The smallest absolute Gasteiger partial charge is 0.256 e. The van der Waals surface area contributed by atoms with E-state index in [0.717, 1.165) is 28.1 Å². The first-order valence-electron chi connectivity index (χ1n) is 7.90. The standard InChI is InChI=1S/C19H14BN3O2S/c1-9-4-10(6-14(20)17(9)24)5-13-12-7-11(16-8-26-19(21)23-16)2-3-15(12)22-18(13)25/h2-8,24H,1H3,(H2,21,23)(H,22,25)/b13-5-. The molecule has 5 nitrogen and oxygen atoms in total. The highest BCUT2D eigenvalue weighted by Crippen LogP contribution is 2.36. The van der Waals surface area contributed by atoms with Gasteiger partial charge in [0.15, 0.2) is 5.13 Å². The highest BCUT2D eigenvalue weighted by Gasteiger charge is 2.25. The van der Waals surface area contributed by atoms with Gasteiger partial charge >= 0.3 is 0 Å². The van der Waals surface area contributed by atoms with Crippen LogP contribution in [0.2, 0.25) is 0 Å². The third-order valence-electron chi connectivity index (χ3n) is 4.28. The van der Waals surface area contributed by atoms with Crippen molar-refractivity contribution in [2.75, 3.05) is 11.1 Å². The Kier molecular flexibility index (Phi) is 3.81. The summed E-state index contributed by atoms with van der Waals surface area (Å²) in [5, 5.41) is 15.1. The second-order valence-corrected chi connectivity index (χ2v) is 7.01. The number of hydrogen-bond acceptors (Lipinski definition) is 5. The molecule has 1 aliphatic heterocycles. The summed E-state index contributed by atoms with van der Waals surface area (Å²) in [4.78, 5) is 16.7. The van der Waals surface area contributed by atoms with Gasteiger partial charge in [0, 0.05) is 27.8 Å². The van der Waals surface area contributed by atoms with Crippen LogP contribution in [0.1, 0.15) is 16.7 Å². The molecule has 1 aromatic heterocycles. The normalized spacial score (nSPS) is 14.5. The largest absolute Gasteiger partial charge is 0.508 e. The van der Waals surface area contributed by atoms with E-state index >= 15 is 0 Å². The predicted molar refractivity (Wildman–Crippen MR) is 107 cm³/mol. The zero-order chi connectivity index (χ0) is 18.4. The average Bonchev–Trinajstić information content (AvgIpc) is 3.16. The van der Waals surface area contributed by atoms with E-state index in [-0.39, 0.29) is 17.1 Å². The van der Waals surface area contributed by atoms with Crippen LogP contribution in [0.25, 0.3) is 22.9 Å². The van der Waals surface area contributed by atoms with Gasteiger partial charge < -0.3 is 16.2 Å². The lowest BCUT2D eigenvalue weighted by Gasteiger charge is -2.06. The molecule has 26 heavy (non-hydrogen) atoms. The minimum Gasteiger partial charge on any atom is -0.508 e. The first kappa shape index (κ1) is 16.4. The summed E-state index contributed by atoms with van der Waals surface area (Å²) in [6.45, 7) is 1.76. The molecule has 0 unspecified atom stereocenters. The molecule has 1 amide bonds. The number of nitrogens with one attached hydrogen (secondary N) is 1. The highest BCUT2D eigenvalue weighted by atomic mass is 32.1. The van der Waals surface area contributed by atoms with Crippen molar-refractivity contribution in [2.24, 2.45) is 0 Å². The summed E-state index contributed by atoms with van der Waals surface area (Å²) in [6, 6.07) is 9.11. The van der Waals surface area contributed by atoms with Crippen LogP contribution in [0, 0.1) is 6.92 Å². The number of aromatic hydroxyl groups is 1. The number of fused-ring (bicyclic) bond motifs is 1. The van der Waals surface area contributed by atoms with Crippen LogP contribution in [0.4, 0.5) is 10.8 Å². The lowest BCUT2D eigenvalue weighted by Crippen LogP contribution is -2.06. The number of nitrogens with two attached hydrogens (primary N) is 1. The van der Waals surface area contributed by atoms with Crippen molar-refractivity contribution in [3.05, 3.63) is 52.4 Å². The molecule has 2 heterocycles. The van der Waals surface area contributed by atoms with Gasteiger partial charge in [-0.05, 0) is 42.3 Å². The number of nitrogens with zero attached hydrogens (tertiary/aromatic N) is 1. The monoisotopic (exact) mass is 359 g/mol. The number of nitrogen functional groups attached to an aromatic ring is 1. The molecule has 1 aliphatic rings. The SMILES string of the molecule is [B]c1cc(/C=C2\C(=O)Nc3ccc(-c4csc(N)n4)cc32)cc(C)c1O. The minimum absolute atomic E-state index is 0.0619. The number of benzene rings is 2. The average molecular weight is 359 g/mol. The summed E-state index contributed by atoms with van der Waals surface area (Å²) < 4.78 is 0. The van der Waals surface area contributed by atoms with E-state index in [1.54, 1.807) is 25.1 Å². The fraction of sp³-hybridized carbons (Fsp3) is 0.0526. The van der Waals surface area contributed by atoms with Crippen LogP contribution in [0.3, 0.4) is 0 Å². The number of carbonyl (C=O) groups is 1. The van der Waals surface area contributed by atoms with Crippen LogP contribution < -0.4 is 16.5 Å². The van der Waals surface area contributed by atoms with Crippen LogP contribution in [-0.2, 0) is 4.79 Å². The molecular weight excluding hydrogens is 345 g/mol. The van der Waals surface area contributed by atoms with Crippen LogP contribution >= 0.6 is 11.3 Å². The molecule has 4 rings (SSSR count). The molecule has 4 N–H and O–H groups in total. The van der Waals surface area contributed by atoms with E-state index in [1.807, 2.05) is 23.6 Å². The number of anilines is 2. The Morgan fingerprint density at radius 3 is 2.81 bits per heavy atom. The van der Waals surface area contributed by atoms with E-state index in [0.29, 0.717) is 16.3 Å². The maximum absolute atomic E-state index is 12.4. The van der Waals surface area contributed by atoms with Crippen molar-refractivity contribution in [1.82, 2.24) is 4.98 Å². The van der Waals surface area contributed by atoms with E-state index in [4.69, 9.17) is 13.6 Å². The molecule has 0 bridgehead atoms. The van der Waals surface area contributed by atoms with Gasteiger partial charge in [0.1, 0.15) is 13.6 Å². The minimum atomic E-state index is -0.181. The Morgan fingerprint density at radius 2 is 2.12 bits per heavy atom. The molecule has 0 aliphatic carbocycles. The lowest BCUT2D eigenvalue weighted by atomic mass is 9.90. The van der Waals surface area contributed by atoms with Gasteiger partial charge in [0.25, 0.3) is 5.91 Å². The molecule has 2 radical (unpaired) electrons. The molecule has 126 valence electrons. The van der Waals surface area contributed by atoms with Gasteiger partial charge in [-0.2, -0.15) is 0 Å². The molecular formula is C19H14BN3O2S. The number of rotatable bonds is 2. The first-order valence-corrected chi connectivity index (χ1v) is 8.78. The number of aryl methyl sites for hydroxylation is 1. The molecule has 0 atom stereocenters. The molecule has 0 saturated heterocycles. The van der Waals surface area contributed by atoms with Crippen molar-refractivity contribution in [2.45, 2.75) is 6.92 Å². The maximum atomic E-state index is 12.4. The van der Waals surface area contributed by atoms with Gasteiger partial charge in [-0.25, -0.2) is 4.98 Å². The van der Waals surface area contributed by atoms with Crippen LogP contribution in [-0.4, -0.2) is 23.8 Å². The first-order chi connectivity index (χ1) is 12.4. The van der Waals surface area contributed by atoms with Crippen molar-refractivity contribution in [1.29, 1.82) is 0 Å². The Bertz CT molecular complexity index is 1070. The third-order valence-corrected chi connectivity index (χ3v) is 4.96. The molecule has 0 saturated carbocycles. The Hall–Kier alpha value is -3.06. The van der Waals surface area contributed by atoms with Gasteiger partial charge in [0.2, 0.25) is 0 Å². The number of carbonyl (C=O) groups excluding carboxylic acids is 1. The second kappa shape index (κ2) is 6.03. The number of thiazole rings is 1. The topological polar surface area (TPSA) is 88.2 Å². The van der Waals surface area contributed by atoms with Crippen molar-refractivity contribution in [3.63, 3.8) is 0 Å². The van der Waals surface area contributed by atoms with Gasteiger partial charge in [-0.15, -0.1) is 11.3 Å². The molecule has 7 heteroatoms. The lowest BCUT2D eigenvalue weighted by molar-refractivity contribution is -0.110. The predicted octanol–water partition coefficient (Wildman–Crippen LogP) is 2.69. The number of hydrogen-bond donors (Lipinski definition) is 3. The Balaban J connectivity index is 1.81. The van der Waals surface area contributed by atoms with E-state index in [9.17, 15) is 9.90 Å². The quantitative estimate of drug-likeness (QED) is 0.485. The van der Waals surface area contributed by atoms with Gasteiger partial charge in [-0.1, -0.05) is 17.6 Å². The third kappa shape index (κ3) is 2.76. The highest BCUT2D eigenvalue weighted by molar-refractivity contribution is 7.13. The van der Waals surface area contributed by atoms with Crippen molar-refractivity contribution < 1.29 is 9.90 Å². The summed E-state index contributed by atoms with van der Waals surface area (Å²) in [7, 11) is 5.83. The number of amides is 1. The van der Waals surface area contributed by atoms with Gasteiger partial charge in [0.05, 0.1) is 5.69 Å². The molecule has 0 fully saturated rings. The Labute approximate surface area is 155 Å². The number of phenolic OH excluding ortho intramolecular Hbond substituents is 1. The molecule has 3 aromatic rings. The zero-order valence-corrected chi connectivity index (χ0v) is 14.7. The fourth-order valence-corrected chi connectivity index (χ4v) is 3.57. The van der Waals surface area contributed by atoms with Gasteiger partial charge in [-0.3, -0.25) is 4.79 Å². The molecule has 2 aromatic carbocycles. The zero-order valence-electron chi connectivity index (χ0n) is 13.9. The Morgan fingerprint density at radius 1 is 1.31 bits per heavy atom. The van der Waals surface area contributed by atoms with Crippen molar-refractivity contribution >= 4 is 53.0 Å². The maximum Gasteiger partial charge on any atom is 0.256 e. The van der Waals surface area contributed by atoms with Crippen molar-refractivity contribution in [3.8, 4) is 17.0 Å². The van der Waals surface area contributed by atoms with E-state index in [1.165, 1.54) is 11.3 Å². The van der Waals surface area contributed by atoms with E-state index in [2.05, 4.69) is 10.3 Å². The summed E-state index contributed by atoms with van der Waals surface area (Å²) in [6.07, 6.45) is 1.77.